The summed E-state index contributed by atoms with van der Waals surface area (Å²) in [5.41, 5.74) is 2.52. The van der Waals surface area contributed by atoms with Gasteiger partial charge in [-0.3, -0.25) is 4.79 Å². The minimum absolute atomic E-state index is 0.0348. The molecule has 3 nitrogen and oxygen atoms in total. The fourth-order valence-corrected chi connectivity index (χ4v) is 2.09. The number of para-hydroxylation sites is 2. The first-order valence-electron chi connectivity index (χ1n) is 5.39. The van der Waals surface area contributed by atoms with Gasteiger partial charge in [0, 0.05) is 13.1 Å². The quantitative estimate of drug-likeness (QED) is 0.673. The predicted molar refractivity (Wildman–Crippen MR) is 66.6 cm³/mol. The molecule has 0 saturated heterocycles. The minimum Gasteiger partial charge on any atom is -0.333 e. The van der Waals surface area contributed by atoms with Crippen molar-refractivity contribution in [2.75, 3.05) is 16.8 Å². The second-order valence-electron chi connectivity index (χ2n) is 4.26. The van der Waals surface area contributed by atoms with Crippen LogP contribution < -0.4 is 9.80 Å². The van der Waals surface area contributed by atoms with E-state index in [0.717, 1.165) is 11.4 Å². The van der Waals surface area contributed by atoms with Crippen molar-refractivity contribution in [1.29, 1.82) is 0 Å². The normalized spacial score (nSPS) is 15.8. The molecule has 0 N–H and O–H groups in total. The number of carbonyl (C=O) groups excluding carboxylic acids is 1. The lowest BCUT2D eigenvalue weighted by Crippen LogP contribution is -2.44. The Kier molecular flexibility index (Phi) is 2.46. The number of rotatable bonds is 1. The van der Waals surface area contributed by atoms with Crippen LogP contribution in [0.5, 0.6) is 0 Å². The van der Waals surface area contributed by atoms with Crippen molar-refractivity contribution in [2.24, 2.45) is 0 Å². The monoisotopic (exact) mass is 216 g/mol. The van der Waals surface area contributed by atoms with Gasteiger partial charge in [0.25, 0.3) is 5.91 Å². The van der Waals surface area contributed by atoms with Gasteiger partial charge in [0.05, 0.1) is 11.4 Å². The van der Waals surface area contributed by atoms with E-state index in [1.807, 2.05) is 29.2 Å². The third kappa shape index (κ3) is 1.40. The maximum absolute atomic E-state index is 12.0. The number of nitrogens with zero attached hydrogens (tertiary/aromatic N) is 2. The maximum Gasteiger partial charge on any atom is 0.274 e. The summed E-state index contributed by atoms with van der Waals surface area (Å²) in [7, 11) is 1.78. The predicted octanol–water partition coefficient (Wildman–Crippen LogP) is 2.39. The molecule has 84 valence electrons. The number of fused-ring (bicyclic) bond motifs is 1. The van der Waals surface area contributed by atoms with Crippen LogP contribution in [0.2, 0.25) is 0 Å². The van der Waals surface area contributed by atoms with Crippen LogP contribution in [0.4, 0.5) is 11.4 Å². The summed E-state index contributed by atoms with van der Waals surface area (Å²) in [5.74, 6) is -0.0348. The molecule has 3 heteroatoms. The number of anilines is 2. The van der Waals surface area contributed by atoms with E-state index < -0.39 is 0 Å². The molecule has 0 fully saturated rings. The van der Waals surface area contributed by atoms with Gasteiger partial charge in [0.2, 0.25) is 0 Å². The molecule has 0 aromatic heterocycles. The first-order chi connectivity index (χ1) is 7.54. The maximum atomic E-state index is 12.0. The Hall–Kier alpha value is -1.77. The lowest BCUT2D eigenvalue weighted by Gasteiger charge is -2.39. The Morgan fingerprint density at radius 3 is 2.31 bits per heavy atom. The van der Waals surface area contributed by atoms with Crippen LogP contribution in [0.25, 0.3) is 0 Å². The van der Waals surface area contributed by atoms with Crippen molar-refractivity contribution in [2.45, 2.75) is 19.9 Å². The summed E-state index contributed by atoms with van der Waals surface area (Å²) in [5, 5.41) is 0. The molecule has 1 heterocycles. The van der Waals surface area contributed by atoms with Gasteiger partial charge < -0.3 is 9.80 Å². The third-order valence-electron chi connectivity index (χ3n) is 2.86. The lowest BCUT2D eigenvalue weighted by molar-refractivity contribution is -0.115. The van der Waals surface area contributed by atoms with Gasteiger partial charge in [-0.25, -0.2) is 0 Å². The fourth-order valence-electron chi connectivity index (χ4n) is 2.09. The van der Waals surface area contributed by atoms with Crippen molar-refractivity contribution in [3.63, 3.8) is 0 Å². The highest BCUT2D eigenvalue weighted by atomic mass is 16.2. The summed E-state index contributed by atoms with van der Waals surface area (Å²) >= 11 is 0. The Bertz CT molecular complexity index is 451. The van der Waals surface area contributed by atoms with E-state index in [1.165, 1.54) is 0 Å². The van der Waals surface area contributed by atoms with Gasteiger partial charge in [-0.2, -0.15) is 0 Å². The average Bonchev–Trinajstić information content (AvgIpc) is 2.26. The molecule has 0 bridgehead atoms. The minimum atomic E-state index is -0.0348. The Labute approximate surface area is 96.0 Å². The zero-order valence-corrected chi connectivity index (χ0v) is 9.90. The van der Waals surface area contributed by atoms with Gasteiger partial charge in [0.15, 0.2) is 0 Å². The summed E-state index contributed by atoms with van der Waals surface area (Å²) in [4.78, 5) is 15.6. The Balaban J connectivity index is 2.61. The van der Waals surface area contributed by atoms with Crippen molar-refractivity contribution < 1.29 is 4.79 Å². The highest BCUT2D eigenvalue weighted by molar-refractivity contribution is 6.12. The Morgan fingerprint density at radius 2 is 1.75 bits per heavy atom. The van der Waals surface area contributed by atoms with Crippen LogP contribution in [-0.4, -0.2) is 19.0 Å². The van der Waals surface area contributed by atoms with Gasteiger partial charge >= 0.3 is 0 Å². The highest BCUT2D eigenvalue weighted by Gasteiger charge is 2.31. The summed E-state index contributed by atoms with van der Waals surface area (Å²) in [6.45, 7) is 7.99. The second kappa shape index (κ2) is 3.67. The van der Waals surface area contributed by atoms with E-state index in [1.54, 1.807) is 11.9 Å². The molecule has 1 aromatic rings. The van der Waals surface area contributed by atoms with E-state index >= 15 is 0 Å². The molecule has 0 atom stereocenters. The smallest absolute Gasteiger partial charge is 0.274 e. The van der Waals surface area contributed by atoms with Crippen molar-refractivity contribution in [1.82, 2.24) is 0 Å². The first kappa shape index (κ1) is 10.7. The molecule has 2 rings (SSSR count). The van der Waals surface area contributed by atoms with E-state index in [0.29, 0.717) is 5.70 Å². The molecule has 0 spiro atoms. The first-order valence-corrected chi connectivity index (χ1v) is 5.39. The van der Waals surface area contributed by atoms with Gasteiger partial charge in [-0.05, 0) is 26.0 Å². The lowest BCUT2D eigenvalue weighted by atomic mass is 10.1. The fraction of sp³-hybridized carbons (Fsp3) is 0.308. The van der Waals surface area contributed by atoms with E-state index in [4.69, 9.17) is 0 Å². The van der Waals surface area contributed by atoms with E-state index in [2.05, 4.69) is 20.4 Å². The molecule has 0 aliphatic carbocycles. The number of carbonyl (C=O) groups is 1. The zero-order chi connectivity index (χ0) is 11.9. The number of benzene rings is 1. The second-order valence-corrected chi connectivity index (χ2v) is 4.26. The Morgan fingerprint density at radius 1 is 1.19 bits per heavy atom. The van der Waals surface area contributed by atoms with Crippen LogP contribution in [-0.2, 0) is 4.79 Å². The largest absolute Gasteiger partial charge is 0.333 e. The van der Waals surface area contributed by atoms with Crippen molar-refractivity contribution in [3.8, 4) is 0 Å². The molecular weight excluding hydrogens is 200 g/mol. The van der Waals surface area contributed by atoms with Crippen LogP contribution in [0.15, 0.2) is 36.5 Å². The van der Waals surface area contributed by atoms with Crippen LogP contribution in [0.1, 0.15) is 13.8 Å². The molecule has 0 saturated carbocycles. The average molecular weight is 216 g/mol. The summed E-state index contributed by atoms with van der Waals surface area (Å²) in [6.07, 6.45) is 0. The summed E-state index contributed by atoms with van der Waals surface area (Å²) < 4.78 is 0. The SMILES string of the molecule is C=C1C(=O)N(C)c2ccccc2N1C(C)C. The molecule has 1 amide bonds. The summed E-state index contributed by atoms with van der Waals surface area (Å²) in [6, 6.07) is 8.12. The third-order valence-corrected chi connectivity index (χ3v) is 2.86. The zero-order valence-electron chi connectivity index (χ0n) is 9.90. The number of amides is 1. The molecule has 0 radical (unpaired) electrons. The van der Waals surface area contributed by atoms with Crippen LogP contribution >= 0.6 is 0 Å². The molecular formula is C13H16N2O. The number of hydrogen-bond acceptors (Lipinski definition) is 2. The van der Waals surface area contributed by atoms with E-state index in [-0.39, 0.29) is 11.9 Å². The highest BCUT2D eigenvalue weighted by Crippen LogP contribution is 2.37. The van der Waals surface area contributed by atoms with Crippen LogP contribution in [0, 0.1) is 0 Å². The molecule has 1 aliphatic heterocycles. The van der Waals surface area contributed by atoms with Gasteiger partial charge in [-0.1, -0.05) is 18.7 Å². The molecule has 1 aliphatic rings. The number of hydrogen-bond donors (Lipinski definition) is 0. The van der Waals surface area contributed by atoms with Gasteiger partial charge in [0.1, 0.15) is 5.70 Å². The standard InChI is InChI=1S/C13H16N2O/c1-9(2)15-10(3)13(16)14(4)11-7-5-6-8-12(11)15/h5-9H,3H2,1-2,4H3. The molecule has 16 heavy (non-hydrogen) atoms. The number of likely N-dealkylation sites (N-methyl/N-ethyl adjacent to an activating group) is 1. The molecule has 1 aromatic carbocycles. The van der Waals surface area contributed by atoms with E-state index in [9.17, 15) is 4.79 Å². The van der Waals surface area contributed by atoms with Crippen molar-refractivity contribution in [3.05, 3.63) is 36.5 Å². The van der Waals surface area contributed by atoms with Gasteiger partial charge in [-0.15, -0.1) is 0 Å². The molecule has 0 unspecified atom stereocenters. The van der Waals surface area contributed by atoms with Crippen LogP contribution in [0.3, 0.4) is 0 Å². The topological polar surface area (TPSA) is 23.6 Å². The van der Waals surface area contributed by atoms with Crippen molar-refractivity contribution >= 4 is 17.3 Å².